The molecule has 0 aromatic rings. The highest BCUT2D eigenvalue weighted by atomic mass is 16.6. The summed E-state index contributed by atoms with van der Waals surface area (Å²) in [6.45, 7) is 9.79. The lowest BCUT2D eigenvalue weighted by Gasteiger charge is -2.06. The summed E-state index contributed by atoms with van der Waals surface area (Å²) in [6.07, 6.45) is 1.30. The Labute approximate surface area is 107 Å². The Morgan fingerprint density at radius 3 is 2.28 bits per heavy atom. The maximum absolute atomic E-state index is 10.5. The largest absolute Gasteiger partial charge is 0.508 e. The van der Waals surface area contributed by atoms with Crippen LogP contribution in [-0.2, 0) is 4.74 Å². The minimum Gasteiger partial charge on any atom is -0.508 e. The van der Waals surface area contributed by atoms with Crippen molar-refractivity contribution in [3.8, 4) is 0 Å². The molecule has 0 spiro atoms. The number of nitro groups is 1. The molecule has 6 nitrogen and oxygen atoms in total. The van der Waals surface area contributed by atoms with E-state index >= 15 is 0 Å². The monoisotopic (exact) mass is 259 g/mol. The molecule has 104 valence electrons. The Morgan fingerprint density at radius 2 is 1.94 bits per heavy atom. The lowest BCUT2D eigenvalue weighted by molar-refractivity contribution is -0.427. The number of allylic oxidation sites excluding steroid dienone is 3. The molecule has 0 atom stereocenters. The number of hydrogen-bond acceptors (Lipinski definition) is 5. The quantitative estimate of drug-likeness (QED) is 0.331. The molecule has 0 bridgehead atoms. The van der Waals surface area contributed by atoms with E-state index in [1.54, 1.807) is 0 Å². The third-order valence-corrected chi connectivity index (χ3v) is 1.78. The molecule has 0 unspecified atom stereocenters. The fraction of sp³-hybridized carbons (Fsp3) is 0.500. The minimum absolute atomic E-state index is 0.00764. The van der Waals surface area contributed by atoms with E-state index in [1.807, 2.05) is 13.8 Å². The van der Waals surface area contributed by atoms with E-state index in [1.165, 1.54) is 19.9 Å². The molecule has 0 aliphatic rings. The topological polar surface area (TPSA) is 92.8 Å². The van der Waals surface area contributed by atoms with Crippen molar-refractivity contribution >= 4 is 0 Å². The predicted octanol–water partition coefficient (Wildman–Crippen LogP) is 2.55. The normalized spacial score (nSPS) is 11.9. The van der Waals surface area contributed by atoms with Crippen LogP contribution >= 0.6 is 0 Å². The van der Waals surface area contributed by atoms with Gasteiger partial charge in [-0.05, 0) is 18.6 Å². The molecule has 0 radical (unpaired) electrons. The van der Waals surface area contributed by atoms with Gasteiger partial charge in [-0.15, -0.1) is 0 Å². The van der Waals surface area contributed by atoms with Crippen LogP contribution in [-0.4, -0.2) is 28.4 Å². The Balaban J connectivity index is 0. The maximum atomic E-state index is 10.5. The van der Waals surface area contributed by atoms with Crippen LogP contribution in [0, 0.1) is 10.1 Å². The summed E-state index contributed by atoms with van der Waals surface area (Å²) in [5.74, 6) is -0.201. The first kappa shape index (κ1) is 18.5. The Hall–Kier alpha value is -1.82. The van der Waals surface area contributed by atoms with Gasteiger partial charge in [0.2, 0.25) is 0 Å². The van der Waals surface area contributed by atoms with Gasteiger partial charge in [0.15, 0.2) is 5.76 Å². The zero-order chi connectivity index (χ0) is 14.7. The molecule has 2 N–H and O–H groups in total. The van der Waals surface area contributed by atoms with Crippen LogP contribution in [0.1, 0.15) is 27.7 Å². The Bertz CT molecular complexity index is 344. The average Bonchev–Trinajstić information content (AvgIpc) is 2.35. The summed E-state index contributed by atoms with van der Waals surface area (Å²) in [4.78, 5) is 9.95. The molecule has 0 amide bonds. The van der Waals surface area contributed by atoms with Crippen molar-refractivity contribution in [1.29, 1.82) is 0 Å². The van der Waals surface area contributed by atoms with E-state index in [0.29, 0.717) is 5.57 Å². The first-order valence-corrected chi connectivity index (χ1v) is 5.55. The van der Waals surface area contributed by atoms with Gasteiger partial charge < -0.3 is 14.9 Å². The van der Waals surface area contributed by atoms with Crippen molar-refractivity contribution in [2.45, 2.75) is 27.7 Å². The summed E-state index contributed by atoms with van der Waals surface area (Å²) in [7, 11) is 0. The molecule has 0 rings (SSSR count). The zero-order valence-electron chi connectivity index (χ0n) is 11.3. The fourth-order valence-corrected chi connectivity index (χ4v) is 0.776. The second-order valence-corrected chi connectivity index (χ2v) is 3.05. The second kappa shape index (κ2) is 10.3. The molecule has 0 aliphatic heterocycles. The summed E-state index contributed by atoms with van der Waals surface area (Å²) in [6, 6.07) is 0. The zero-order valence-corrected chi connectivity index (χ0v) is 11.3. The summed E-state index contributed by atoms with van der Waals surface area (Å²) in [5, 5.41) is 28.2. The Morgan fingerprint density at radius 1 is 1.44 bits per heavy atom. The Kier molecular flexibility index (Phi) is 10.7. The maximum Gasteiger partial charge on any atom is 0.284 e. The number of aliphatic hydroxyl groups excluding tert-OH is 2. The summed E-state index contributed by atoms with van der Waals surface area (Å²) < 4.78 is 4.99. The van der Waals surface area contributed by atoms with Crippen LogP contribution in [0.2, 0.25) is 0 Å². The van der Waals surface area contributed by atoms with E-state index in [9.17, 15) is 10.1 Å². The molecule has 0 aliphatic carbocycles. The number of rotatable bonds is 6. The highest BCUT2D eigenvalue weighted by molar-refractivity contribution is 5.28. The van der Waals surface area contributed by atoms with Gasteiger partial charge in [-0.3, -0.25) is 10.1 Å². The van der Waals surface area contributed by atoms with Crippen molar-refractivity contribution in [3.63, 3.8) is 0 Å². The molecule has 0 aromatic carbocycles. The van der Waals surface area contributed by atoms with Gasteiger partial charge >= 0.3 is 0 Å². The van der Waals surface area contributed by atoms with Crippen LogP contribution in [0.5, 0.6) is 0 Å². The van der Waals surface area contributed by atoms with Crippen LogP contribution in [0.25, 0.3) is 0 Å². The van der Waals surface area contributed by atoms with Crippen LogP contribution in [0.15, 0.2) is 35.4 Å². The van der Waals surface area contributed by atoms with E-state index in [-0.39, 0.29) is 30.4 Å². The smallest absolute Gasteiger partial charge is 0.284 e. The van der Waals surface area contributed by atoms with Crippen LogP contribution in [0.3, 0.4) is 0 Å². The molecule has 0 heterocycles. The first-order valence-electron chi connectivity index (χ1n) is 5.55. The average molecular weight is 259 g/mol. The highest BCUT2D eigenvalue weighted by Gasteiger charge is 2.13. The van der Waals surface area contributed by atoms with E-state index in [2.05, 4.69) is 6.58 Å². The van der Waals surface area contributed by atoms with Crippen LogP contribution in [0.4, 0.5) is 0 Å². The van der Waals surface area contributed by atoms with E-state index in [4.69, 9.17) is 14.9 Å². The van der Waals surface area contributed by atoms with Crippen molar-refractivity contribution < 1.29 is 19.9 Å². The van der Waals surface area contributed by atoms with Gasteiger partial charge in [-0.2, -0.15) is 0 Å². The van der Waals surface area contributed by atoms with Gasteiger partial charge in [0.1, 0.15) is 12.4 Å². The highest BCUT2D eigenvalue weighted by Crippen LogP contribution is 2.13. The SMILES string of the molecule is C=C(O)/C(C)=C\C(OCCO)=C(/C)[N+](=O)[O-].CC. The molecule has 6 heteroatoms. The second-order valence-electron chi connectivity index (χ2n) is 3.05. The molecular weight excluding hydrogens is 238 g/mol. The molecule has 0 saturated carbocycles. The van der Waals surface area contributed by atoms with E-state index in [0.717, 1.165) is 0 Å². The number of ether oxygens (including phenoxy) is 1. The van der Waals surface area contributed by atoms with Gasteiger partial charge in [-0.25, -0.2) is 0 Å². The summed E-state index contributed by atoms with van der Waals surface area (Å²) in [5.41, 5.74) is 0.156. The van der Waals surface area contributed by atoms with Crippen molar-refractivity contribution in [2.75, 3.05) is 13.2 Å². The van der Waals surface area contributed by atoms with Gasteiger partial charge in [0.25, 0.3) is 5.70 Å². The van der Waals surface area contributed by atoms with Gasteiger partial charge in [-0.1, -0.05) is 20.4 Å². The number of nitrogens with zero attached hydrogens (tertiary/aromatic N) is 1. The third kappa shape index (κ3) is 7.45. The molecule has 0 fully saturated rings. The molecule has 0 saturated heterocycles. The van der Waals surface area contributed by atoms with Gasteiger partial charge in [0.05, 0.1) is 11.5 Å². The number of aliphatic hydroxyl groups is 2. The third-order valence-electron chi connectivity index (χ3n) is 1.78. The number of hydrogen-bond donors (Lipinski definition) is 2. The van der Waals surface area contributed by atoms with Crippen molar-refractivity contribution in [3.05, 3.63) is 45.6 Å². The standard InChI is InChI=1S/C10H15NO5.C2H6/c1-7(9(3)13)6-10(16-5-4-12)8(2)11(14)15;1-2/h6,12-13H,3-5H2,1-2H3;1-2H3/b7-6-,10-8-;. The van der Waals surface area contributed by atoms with Gasteiger partial charge in [0, 0.05) is 6.92 Å². The fourth-order valence-electron chi connectivity index (χ4n) is 0.776. The summed E-state index contributed by atoms with van der Waals surface area (Å²) >= 11 is 0. The minimum atomic E-state index is -0.601. The first-order chi connectivity index (χ1) is 8.40. The van der Waals surface area contributed by atoms with Crippen molar-refractivity contribution in [2.24, 2.45) is 0 Å². The van der Waals surface area contributed by atoms with E-state index < -0.39 is 4.92 Å². The molecule has 0 aromatic heterocycles. The van der Waals surface area contributed by atoms with Crippen LogP contribution < -0.4 is 0 Å². The lowest BCUT2D eigenvalue weighted by atomic mass is 10.2. The predicted molar refractivity (Wildman–Crippen MR) is 69.6 cm³/mol. The van der Waals surface area contributed by atoms with Crippen molar-refractivity contribution in [1.82, 2.24) is 0 Å². The lowest BCUT2D eigenvalue weighted by Crippen LogP contribution is -2.05. The molecular formula is C12H21NO5. The molecule has 18 heavy (non-hydrogen) atoms.